The number of halogens is 1. The maximum absolute atomic E-state index is 14.3. The van der Waals surface area contributed by atoms with Crippen LogP contribution in [0.2, 0.25) is 0 Å². The number of anilines is 2. The van der Waals surface area contributed by atoms with Gasteiger partial charge in [0, 0.05) is 24.4 Å². The van der Waals surface area contributed by atoms with E-state index in [1.807, 2.05) is 0 Å². The van der Waals surface area contributed by atoms with E-state index in [2.05, 4.69) is 35.8 Å². The first-order chi connectivity index (χ1) is 13.6. The van der Waals surface area contributed by atoms with Gasteiger partial charge in [0.2, 0.25) is 0 Å². The first-order valence-corrected chi connectivity index (χ1v) is 9.19. The highest BCUT2D eigenvalue weighted by molar-refractivity contribution is 5.88. The lowest BCUT2D eigenvalue weighted by molar-refractivity contribution is 0.445. The van der Waals surface area contributed by atoms with Gasteiger partial charge in [-0.25, -0.2) is 14.4 Å². The van der Waals surface area contributed by atoms with Crippen LogP contribution >= 0.6 is 0 Å². The van der Waals surface area contributed by atoms with Crippen molar-refractivity contribution in [3.8, 4) is 0 Å². The zero-order valence-corrected chi connectivity index (χ0v) is 15.2. The Bertz CT molecular complexity index is 1230. The molecule has 1 saturated heterocycles. The molecule has 0 bridgehead atoms. The summed E-state index contributed by atoms with van der Waals surface area (Å²) in [6.45, 7) is 3.61. The second-order valence-corrected chi connectivity index (χ2v) is 7.09. The van der Waals surface area contributed by atoms with E-state index in [1.165, 1.54) is 6.07 Å². The van der Waals surface area contributed by atoms with Gasteiger partial charge in [0.25, 0.3) is 5.56 Å². The third kappa shape index (κ3) is 2.82. The number of hydrogen-bond donors (Lipinski definition) is 4. The van der Waals surface area contributed by atoms with Crippen LogP contribution in [0.3, 0.4) is 0 Å². The summed E-state index contributed by atoms with van der Waals surface area (Å²) in [5, 5.41) is 13.6. The van der Waals surface area contributed by atoms with Crippen molar-refractivity contribution in [3.05, 3.63) is 46.1 Å². The Morgan fingerprint density at radius 3 is 2.89 bits per heavy atom. The Kier molecular flexibility index (Phi) is 3.86. The number of aromatic amines is 2. The van der Waals surface area contributed by atoms with Crippen LogP contribution in [-0.2, 0) is 0 Å². The normalized spacial score (nSPS) is 15.5. The van der Waals surface area contributed by atoms with E-state index in [9.17, 15) is 9.18 Å². The Hall–Kier alpha value is -3.27. The summed E-state index contributed by atoms with van der Waals surface area (Å²) < 4.78 is 15.9. The van der Waals surface area contributed by atoms with E-state index in [4.69, 9.17) is 0 Å². The molecule has 1 aliphatic heterocycles. The summed E-state index contributed by atoms with van der Waals surface area (Å²) in [4.78, 5) is 24.3. The molecule has 144 valence electrons. The number of H-pyrrole nitrogens is 2. The molecule has 0 unspecified atom stereocenters. The van der Waals surface area contributed by atoms with Crippen LogP contribution in [0.5, 0.6) is 0 Å². The van der Waals surface area contributed by atoms with Gasteiger partial charge in [0.1, 0.15) is 17.0 Å². The largest absolute Gasteiger partial charge is 0.339 e. The fourth-order valence-electron chi connectivity index (χ4n) is 3.72. The molecule has 1 aliphatic rings. The monoisotopic (exact) mass is 382 g/mol. The lowest BCUT2D eigenvalue weighted by Crippen LogP contribution is -2.28. The van der Waals surface area contributed by atoms with Gasteiger partial charge in [-0.05, 0) is 32.9 Å². The van der Waals surface area contributed by atoms with Gasteiger partial charge < -0.3 is 20.0 Å². The standard InChI is InChI=1S/C18H19FN8O/c1-9-7-27-8-11(6-12(19)17(27)21-9)22-15-13-16(26-25-15)23-14(24-18(13)28)10-2-4-20-5-3-10/h6-8,10,20H,2-5H2,1H3,(H3,22,23,24,25,26,28). The summed E-state index contributed by atoms with van der Waals surface area (Å²) in [7, 11) is 0. The molecule has 0 atom stereocenters. The van der Waals surface area contributed by atoms with Crippen molar-refractivity contribution in [2.75, 3.05) is 18.4 Å². The summed E-state index contributed by atoms with van der Waals surface area (Å²) in [6, 6.07) is 1.33. The van der Waals surface area contributed by atoms with Crippen LogP contribution in [0.4, 0.5) is 15.9 Å². The highest BCUT2D eigenvalue weighted by Crippen LogP contribution is 2.25. The molecule has 0 aromatic carbocycles. The van der Waals surface area contributed by atoms with Crippen molar-refractivity contribution in [1.29, 1.82) is 0 Å². The molecule has 0 saturated carbocycles. The predicted octanol–water partition coefficient (Wildman–Crippen LogP) is 1.95. The van der Waals surface area contributed by atoms with E-state index in [0.717, 1.165) is 25.9 Å². The minimum atomic E-state index is -0.456. The number of aromatic nitrogens is 6. The second kappa shape index (κ2) is 6.41. The van der Waals surface area contributed by atoms with Gasteiger partial charge in [0.05, 0.1) is 11.4 Å². The first-order valence-electron chi connectivity index (χ1n) is 9.19. The topological polar surface area (TPSA) is 116 Å². The third-order valence-corrected chi connectivity index (χ3v) is 5.06. The number of imidazole rings is 1. The summed E-state index contributed by atoms with van der Waals surface area (Å²) in [5.41, 5.74) is 1.52. The average Bonchev–Trinajstić information content (AvgIpc) is 3.26. The Balaban J connectivity index is 1.52. The molecule has 5 heterocycles. The average molecular weight is 382 g/mol. The Morgan fingerprint density at radius 1 is 1.25 bits per heavy atom. The lowest BCUT2D eigenvalue weighted by Gasteiger charge is -2.21. The smallest absolute Gasteiger partial charge is 0.264 e. The van der Waals surface area contributed by atoms with Crippen LogP contribution < -0.4 is 16.2 Å². The summed E-state index contributed by atoms with van der Waals surface area (Å²) in [5.74, 6) is 0.796. The summed E-state index contributed by atoms with van der Waals surface area (Å²) >= 11 is 0. The zero-order chi connectivity index (χ0) is 19.3. The summed E-state index contributed by atoms with van der Waals surface area (Å²) in [6.07, 6.45) is 5.28. The molecule has 4 N–H and O–H groups in total. The lowest BCUT2D eigenvalue weighted by atomic mass is 9.97. The number of nitrogens with one attached hydrogen (secondary N) is 4. The van der Waals surface area contributed by atoms with Gasteiger partial charge in [-0.1, -0.05) is 0 Å². The second-order valence-electron chi connectivity index (χ2n) is 7.09. The molecule has 0 radical (unpaired) electrons. The third-order valence-electron chi connectivity index (χ3n) is 5.06. The predicted molar refractivity (Wildman–Crippen MR) is 103 cm³/mol. The van der Waals surface area contributed by atoms with Crippen molar-refractivity contribution in [2.24, 2.45) is 0 Å². The molecule has 0 amide bonds. The number of nitrogens with zero attached hydrogens (tertiary/aromatic N) is 4. The van der Waals surface area contributed by atoms with E-state index < -0.39 is 5.82 Å². The Labute approximate surface area is 158 Å². The van der Waals surface area contributed by atoms with E-state index in [1.54, 1.807) is 23.7 Å². The minimum Gasteiger partial charge on any atom is -0.339 e. The molecule has 5 rings (SSSR count). The fourth-order valence-corrected chi connectivity index (χ4v) is 3.72. The first kappa shape index (κ1) is 16.9. The van der Waals surface area contributed by atoms with Crippen LogP contribution in [-0.4, -0.2) is 42.6 Å². The van der Waals surface area contributed by atoms with Gasteiger partial charge in [-0.15, -0.1) is 0 Å². The van der Waals surface area contributed by atoms with Crippen LogP contribution in [0.25, 0.3) is 16.7 Å². The highest BCUT2D eigenvalue weighted by Gasteiger charge is 2.21. The highest BCUT2D eigenvalue weighted by atomic mass is 19.1. The molecular formula is C18H19FN8O. The van der Waals surface area contributed by atoms with E-state index in [0.29, 0.717) is 34.1 Å². The molecule has 4 aromatic heterocycles. The van der Waals surface area contributed by atoms with E-state index in [-0.39, 0.29) is 17.1 Å². The number of aryl methyl sites for hydroxylation is 1. The van der Waals surface area contributed by atoms with Crippen molar-refractivity contribution >= 4 is 28.2 Å². The number of pyridine rings is 1. The number of hydrogen-bond acceptors (Lipinski definition) is 6. The maximum Gasteiger partial charge on any atom is 0.264 e. The van der Waals surface area contributed by atoms with Crippen LogP contribution in [0.1, 0.15) is 30.3 Å². The SMILES string of the molecule is Cc1cn2cc(Nc3[nH]nc4nc(C5CCNCC5)[nH]c(=O)c34)cc(F)c2n1. The molecule has 0 aliphatic carbocycles. The molecule has 4 aromatic rings. The van der Waals surface area contributed by atoms with Crippen LogP contribution in [0, 0.1) is 12.7 Å². The Morgan fingerprint density at radius 2 is 2.07 bits per heavy atom. The minimum absolute atomic E-state index is 0.215. The number of piperidine rings is 1. The van der Waals surface area contributed by atoms with Crippen molar-refractivity contribution in [3.63, 3.8) is 0 Å². The van der Waals surface area contributed by atoms with E-state index >= 15 is 0 Å². The molecule has 1 fully saturated rings. The van der Waals surface area contributed by atoms with Crippen LogP contribution in [0.15, 0.2) is 23.3 Å². The number of fused-ring (bicyclic) bond motifs is 2. The molecule has 10 heteroatoms. The van der Waals surface area contributed by atoms with Crippen molar-refractivity contribution in [2.45, 2.75) is 25.7 Å². The van der Waals surface area contributed by atoms with Gasteiger partial charge in [-0.2, -0.15) is 5.10 Å². The number of rotatable bonds is 3. The van der Waals surface area contributed by atoms with Crippen molar-refractivity contribution < 1.29 is 4.39 Å². The fraction of sp³-hybridized carbons (Fsp3) is 0.333. The molecule has 9 nitrogen and oxygen atoms in total. The van der Waals surface area contributed by atoms with Gasteiger partial charge in [-0.3, -0.25) is 9.89 Å². The zero-order valence-electron chi connectivity index (χ0n) is 15.2. The molecule has 0 spiro atoms. The van der Waals surface area contributed by atoms with Crippen molar-refractivity contribution in [1.82, 2.24) is 34.9 Å². The maximum atomic E-state index is 14.3. The van der Waals surface area contributed by atoms with Gasteiger partial charge >= 0.3 is 0 Å². The quantitative estimate of drug-likeness (QED) is 0.430. The van der Waals surface area contributed by atoms with Gasteiger partial charge in [0.15, 0.2) is 17.1 Å². The molecular weight excluding hydrogens is 363 g/mol. The molecule has 28 heavy (non-hydrogen) atoms.